The van der Waals surface area contributed by atoms with Gasteiger partial charge in [-0.3, -0.25) is 0 Å². The molecule has 0 amide bonds. The van der Waals surface area contributed by atoms with E-state index in [4.69, 9.17) is 5.73 Å². The molecule has 3 fully saturated rings. The lowest BCUT2D eigenvalue weighted by molar-refractivity contribution is 0.244. The van der Waals surface area contributed by atoms with E-state index in [0.29, 0.717) is 6.04 Å². The van der Waals surface area contributed by atoms with E-state index in [9.17, 15) is 0 Å². The van der Waals surface area contributed by atoms with Crippen molar-refractivity contribution in [2.24, 2.45) is 29.4 Å². The number of hydrogen-bond donors (Lipinski definition) is 1. The van der Waals surface area contributed by atoms with Gasteiger partial charge in [-0.1, -0.05) is 0 Å². The normalized spacial score (nSPS) is 60.3. The summed E-state index contributed by atoms with van der Waals surface area (Å²) in [6.45, 7) is 0. The average molecular weight is 151 g/mol. The van der Waals surface area contributed by atoms with Crippen molar-refractivity contribution in [2.45, 2.75) is 38.1 Å². The van der Waals surface area contributed by atoms with E-state index in [1.165, 1.54) is 32.1 Å². The number of nitrogens with two attached hydrogens (primary N) is 1. The molecule has 3 rings (SSSR count). The van der Waals surface area contributed by atoms with Gasteiger partial charge in [-0.2, -0.15) is 0 Å². The number of hydrogen-bond acceptors (Lipinski definition) is 1. The van der Waals surface area contributed by atoms with Crippen molar-refractivity contribution in [1.82, 2.24) is 0 Å². The van der Waals surface area contributed by atoms with E-state index in [2.05, 4.69) is 0 Å². The zero-order valence-corrected chi connectivity index (χ0v) is 7.00. The van der Waals surface area contributed by atoms with Crippen LogP contribution in [0.1, 0.15) is 32.1 Å². The summed E-state index contributed by atoms with van der Waals surface area (Å²) in [6, 6.07) is 0.579. The molecule has 2 N–H and O–H groups in total. The van der Waals surface area contributed by atoms with Crippen LogP contribution in [0.4, 0.5) is 0 Å². The van der Waals surface area contributed by atoms with E-state index >= 15 is 0 Å². The lowest BCUT2D eigenvalue weighted by Crippen LogP contribution is -2.31. The molecule has 0 aromatic rings. The van der Waals surface area contributed by atoms with Gasteiger partial charge in [0, 0.05) is 6.04 Å². The highest BCUT2D eigenvalue weighted by Gasteiger charge is 2.52. The maximum Gasteiger partial charge on any atom is 0.00726 e. The Morgan fingerprint density at radius 1 is 0.909 bits per heavy atom. The molecule has 0 radical (unpaired) electrons. The molecule has 1 heteroatoms. The quantitative estimate of drug-likeness (QED) is 0.561. The summed E-state index contributed by atoms with van der Waals surface area (Å²) in [7, 11) is 0. The molecule has 62 valence electrons. The maximum absolute atomic E-state index is 6.11. The van der Waals surface area contributed by atoms with Gasteiger partial charge in [0.15, 0.2) is 0 Å². The smallest absolute Gasteiger partial charge is 0.00726 e. The first-order valence-electron chi connectivity index (χ1n) is 5.12. The molecule has 3 aliphatic rings. The maximum atomic E-state index is 6.11. The van der Waals surface area contributed by atoms with Crippen LogP contribution < -0.4 is 5.73 Å². The summed E-state index contributed by atoms with van der Waals surface area (Å²) in [6.07, 6.45) is 7.33. The van der Waals surface area contributed by atoms with Gasteiger partial charge in [-0.25, -0.2) is 0 Å². The summed E-state index contributed by atoms with van der Waals surface area (Å²) in [5.74, 6) is 4.15. The van der Waals surface area contributed by atoms with Gasteiger partial charge in [0.05, 0.1) is 0 Å². The van der Waals surface area contributed by atoms with Crippen LogP contribution in [0.25, 0.3) is 0 Å². The lowest BCUT2D eigenvalue weighted by Gasteiger charge is -2.26. The van der Waals surface area contributed by atoms with Crippen LogP contribution in [0, 0.1) is 23.7 Å². The van der Waals surface area contributed by atoms with Crippen molar-refractivity contribution < 1.29 is 0 Å². The van der Waals surface area contributed by atoms with Crippen molar-refractivity contribution in [2.75, 3.05) is 0 Å². The Morgan fingerprint density at radius 3 is 2.55 bits per heavy atom. The van der Waals surface area contributed by atoms with E-state index < -0.39 is 0 Å². The molecule has 2 bridgehead atoms. The molecule has 0 aromatic carbocycles. The number of fused-ring (bicyclic) bond motifs is 5. The highest BCUT2D eigenvalue weighted by molar-refractivity contribution is 5.03. The van der Waals surface area contributed by atoms with E-state index in [0.717, 1.165) is 23.7 Å². The first kappa shape index (κ1) is 6.47. The van der Waals surface area contributed by atoms with Crippen LogP contribution in [-0.4, -0.2) is 6.04 Å². The Morgan fingerprint density at radius 2 is 1.73 bits per heavy atom. The molecule has 0 saturated heterocycles. The van der Waals surface area contributed by atoms with Gasteiger partial charge in [-0.05, 0) is 55.8 Å². The molecule has 0 heterocycles. The standard InChI is InChI=1S/C10H17N/c11-9-4-3-8-6-1-2-7(5-6)10(8)9/h6-10H,1-5,11H2/t6-,7+,8-,9-,10+/m0/s1. The van der Waals surface area contributed by atoms with E-state index in [1.807, 2.05) is 0 Å². The first-order chi connectivity index (χ1) is 5.36. The molecule has 5 atom stereocenters. The zero-order valence-electron chi connectivity index (χ0n) is 7.00. The lowest BCUT2D eigenvalue weighted by atomic mass is 9.80. The fraction of sp³-hybridized carbons (Fsp3) is 1.00. The molecular weight excluding hydrogens is 134 g/mol. The van der Waals surface area contributed by atoms with Crippen LogP contribution >= 0.6 is 0 Å². The van der Waals surface area contributed by atoms with E-state index in [-0.39, 0.29) is 0 Å². The largest absolute Gasteiger partial charge is 0.327 e. The van der Waals surface area contributed by atoms with Crippen LogP contribution in [0.3, 0.4) is 0 Å². The zero-order chi connectivity index (χ0) is 7.42. The predicted molar refractivity (Wildman–Crippen MR) is 45.0 cm³/mol. The Kier molecular flexibility index (Phi) is 1.18. The molecule has 0 aromatic heterocycles. The predicted octanol–water partition coefficient (Wildman–Crippen LogP) is 1.77. The van der Waals surface area contributed by atoms with Gasteiger partial charge in [0.25, 0.3) is 0 Å². The Bertz CT molecular complexity index is 178. The third-order valence-corrected chi connectivity index (χ3v) is 4.49. The van der Waals surface area contributed by atoms with Crippen molar-refractivity contribution >= 4 is 0 Å². The van der Waals surface area contributed by atoms with Crippen LogP contribution in [-0.2, 0) is 0 Å². The molecule has 0 unspecified atom stereocenters. The van der Waals surface area contributed by atoms with Crippen molar-refractivity contribution in [1.29, 1.82) is 0 Å². The summed E-state index contributed by atoms with van der Waals surface area (Å²) < 4.78 is 0. The summed E-state index contributed by atoms with van der Waals surface area (Å²) in [4.78, 5) is 0. The monoisotopic (exact) mass is 151 g/mol. The second-order valence-corrected chi connectivity index (χ2v) is 4.82. The van der Waals surface area contributed by atoms with Gasteiger partial charge in [-0.15, -0.1) is 0 Å². The molecule has 3 aliphatic carbocycles. The molecule has 11 heavy (non-hydrogen) atoms. The van der Waals surface area contributed by atoms with E-state index in [1.54, 1.807) is 0 Å². The highest BCUT2D eigenvalue weighted by atomic mass is 14.7. The highest BCUT2D eigenvalue weighted by Crippen LogP contribution is 2.58. The minimum atomic E-state index is 0.579. The van der Waals surface area contributed by atoms with Crippen molar-refractivity contribution in [3.63, 3.8) is 0 Å². The number of rotatable bonds is 0. The molecule has 0 aliphatic heterocycles. The topological polar surface area (TPSA) is 26.0 Å². The summed E-state index contributed by atoms with van der Waals surface area (Å²) in [5.41, 5.74) is 6.11. The minimum absolute atomic E-state index is 0.579. The van der Waals surface area contributed by atoms with Gasteiger partial charge < -0.3 is 5.73 Å². The fourth-order valence-electron chi connectivity index (χ4n) is 4.13. The van der Waals surface area contributed by atoms with Crippen molar-refractivity contribution in [3.8, 4) is 0 Å². The third kappa shape index (κ3) is 0.703. The van der Waals surface area contributed by atoms with Gasteiger partial charge >= 0.3 is 0 Å². The van der Waals surface area contributed by atoms with Crippen LogP contribution in [0.5, 0.6) is 0 Å². The molecule has 3 saturated carbocycles. The van der Waals surface area contributed by atoms with Crippen LogP contribution in [0.15, 0.2) is 0 Å². The second-order valence-electron chi connectivity index (χ2n) is 4.82. The SMILES string of the molecule is N[C@H]1CC[C@H]2[C@H]3CC[C@H](C3)[C@H]21. The Hall–Kier alpha value is -0.0400. The van der Waals surface area contributed by atoms with Gasteiger partial charge in [0.1, 0.15) is 0 Å². The third-order valence-electron chi connectivity index (χ3n) is 4.49. The molecule has 0 spiro atoms. The second kappa shape index (κ2) is 2.01. The molecular formula is C10H17N. The Balaban J connectivity index is 1.91. The molecule has 1 nitrogen and oxygen atoms in total. The average Bonchev–Trinajstić information content (AvgIpc) is 2.60. The summed E-state index contributed by atoms with van der Waals surface area (Å²) >= 11 is 0. The minimum Gasteiger partial charge on any atom is -0.327 e. The van der Waals surface area contributed by atoms with Crippen LogP contribution in [0.2, 0.25) is 0 Å². The van der Waals surface area contributed by atoms with Crippen molar-refractivity contribution in [3.05, 3.63) is 0 Å². The summed E-state index contributed by atoms with van der Waals surface area (Å²) in [5, 5.41) is 0. The van der Waals surface area contributed by atoms with Gasteiger partial charge in [0.2, 0.25) is 0 Å². The first-order valence-corrected chi connectivity index (χ1v) is 5.12. The fourth-order valence-corrected chi connectivity index (χ4v) is 4.13. The Labute approximate surface area is 68.3 Å².